The van der Waals surface area contributed by atoms with Gasteiger partial charge >= 0.3 is 0 Å². The van der Waals surface area contributed by atoms with Gasteiger partial charge in [-0.05, 0) is 37.2 Å². The summed E-state index contributed by atoms with van der Waals surface area (Å²) in [6.07, 6.45) is 2.33. The predicted octanol–water partition coefficient (Wildman–Crippen LogP) is 0.753. The van der Waals surface area contributed by atoms with Crippen LogP contribution in [0.3, 0.4) is 0 Å². The number of rotatable bonds is 2. The van der Waals surface area contributed by atoms with Gasteiger partial charge in [0.1, 0.15) is 0 Å². The Morgan fingerprint density at radius 2 is 2.06 bits per heavy atom. The van der Waals surface area contributed by atoms with Gasteiger partial charge in [0.15, 0.2) is 0 Å². The van der Waals surface area contributed by atoms with Crippen LogP contribution >= 0.6 is 11.8 Å². The van der Waals surface area contributed by atoms with Crippen LogP contribution in [0.15, 0.2) is 0 Å². The maximum Gasteiger partial charge on any atom is 0.218 e. The predicted molar refractivity (Wildman–Crippen MR) is 72.9 cm³/mol. The minimum Gasteiger partial charge on any atom is -0.314 e. The highest BCUT2D eigenvalue weighted by Gasteiger charge is 2.32. The van der Waals surface area contributed by atoms with Gasteiger partial charge in [-0.25, -0.2) is 12.7 Å². The summed E-state index contributed by atoms with van der Waals surface area (Å²) in [5, 5.41) is 2.91. The molecule has 0 spiro atoms. The first-order valence-corrected chi connectivity index (χ1v) is 9.04. The molecule has 2 rings (SSSR count). The Morgan fingerprint density at radius 3 is 2.76 bits per heavy atom. The highest BCUT2D eigenvalue weighted by atomic mass is 32.2. The molecule has 0 aromatic carbocycles. The number of nitrogens with zero attached hydrogens (tertiary/aromatic N) is 1. The molecule has 2 saturated heterocycles. The lowest BCUT2D eigenvalue weighted by molar-refractivity contribution is 0.333. The van der Waals surface area contributed by atoms with E-state index in [9.17, 15) is 8.42 Å². The van der Waals surface area contributed by atoms with Gasteiger partial charge in [0, 0.05) is 26.2 Å². The van der Waals surface area contributed by atoms with E-state index >= 15 is 0 Å². The summed E-state index contributed by atoms with van der Waals surface area (Å²) < 4.78 is 26.3. The Hall–Kier alpha value is 0.220. The molecule has 0 bridgehead atoms. The highest BCUT2D eigenvalue weighted by Crippen LogP contribution is 2.25. The minimum atomic E-state index is -3.07. The Morgan fingerprint density at radius 1 is 1.35 bits per heavy atom. The summed E-state index contributed by atoms with van der Waals surface area (Å²) in [6.45, 7) is 4.53. The molecular weight excluding hydrogens is 256 g/mol. The van der Waals surface area contributed by atoms with Gasteiger partial charge in [0.2, 0.25) is 10.0 Å². The molecule has 17 heavy (non-hydrogen) atoms. The summed E-state index contributed by atoms with van der Waals surface area (Å²) in [5.41, 5.74) is 0. The zero-order valence-electron chi connectivity index (χ0n) is 10.4. The molecule has 1 unspecified atom stereocenters. The SMILES string of the molecule is CC1CNCCN(CC2CCSCC2)S1(=O)=O. The van der Waals surface area contributed by atoms with Crippen molar-refractivity contribution in [1.82, 2.24) is 9.62 Å². The lowest BCUT2D eigenvalue weighted by Gasteiger charge is -2.29. The lowest BCUT2D eigenvalue weighted by atomic mass is 10.0. The van der Waals surface area contributed by atoms with Crippen molar-refractivity contribution < 1.29 is 8.42 Å². The van der Waals surface area contributed by atoms with Crippen molar-refractivity contribution in [1.29, 1.82) is 0 Å². The topological polar surface area (TPSA) is 49.4 Å². The highest BCUT2D eigenvalue weighted by molar-refractivity contribution is 7.99. The number of hydrogen-bond acceptors (Lipinski definition) is 4. The molecule has 0 saturated carbocycles. The van der Waals surface area contributed by atoms with Crippen molar-refractivity contribution >= 4 is 21.8 Å². The molecule has 0 radical (unpaired) electrons. The zero-order chi connectivity index (χ0) is 12.3. The van der Waals surface area contributed by atoms with E-state index in [2.05, 4.69) is 5.32 Å². The second-order valence-corrected chi connectivity index (χ2v) is 8.55. The molecule has 0 amide bonds. The van der Waals surface area contributed by atoms with Gasteiger partial charge in [0.25, 0.3) is 0 Å². The van der Waals surface area contributed by atoms with Crippen molar-refractivity contribution in [3.8, 4) is 0 Å². The van der Waals surface area contributed by atoms with E-state index in [1.807, 2.05) is 11.8 Å². The van der Waals surface area contributed by atoms with Crippen molar-refractivity contribution in [3.63, 3.8) is 0 Å². The Kier molecular flexibility index (Phi) is 4.74. The average Bonchev–Trinajstić information content (AvgIpc) is 2.44. The van der Waals surface area contributed by atoms with Crippen LogP contribution in [-0.2, 0) is 10.0 Å². The molecule has 100 valence electrons. The fraction of sp³-hybridized carbons (Fsp3) is 1.00. The first-order valence-electron chi connectivity index (χ1n) is 6.38. The van der Waals surface area contributed by atoms with Crippen molar-refractivity contribution in [3.05, 3.63) is 0 Å². The van der Waals surface area contributed by atoms with Crippen LogP contribution in [0.4, 0.5) is 0 Å². The third-order valence-electron chi connectivity index (χ3n) is 3.64. The third-order valence-corrected chi connectivity index (χ3v) is 6.92. The van der Waals surface area contributed by atoms with Crippen LogP contribution in [0.25, 0.3) is 0 Å². The van der Waals surface area contributed by atoms with E-state index in [4.69, 9.17) is 0 Å². The van der Waals surface area contributed by atoms with Crippen LogP contribution in [0.5, 0.6) is 0 Å². The Balaban J connectivity index is 2.01. The van der Waals surface area contributed by atoms with E-state index in [0.717, 1.165) is 13.1 Å². The van der Waals surface area contributed by atoms with E-state index in [1.54, 1.807) is 11.2 Å². The van der Waals surface area contributed by atoms with E-state index in [0.29, 0.717) is 19.0 Å². The van der Waals surface area contributed by atoms with Gasteiger partial charge < -0.3 is 5.32 Å². The molecule has 2 fully saturated rings. The van der Waals surface area contributed by atoms with Gasteiger partial charge in [-0.1, -0.05) is 0 Å². The third kappa shape index (κ3) is 3.36. The molecule has 6 heteroatoms. The van der Waals surface area contributed by atoms with Crippen LogP contribution in [0.2, 0.25) is 0 Å². The average molecular weight is 278 g/mol. The van der Waals surface area contributed by atoms with Crippen LogP contribution in [-0.4, -0.2) is 55.7 Å². The summed E-state index contributed by atoms with van der Waals surface area (Å²) in [6, 6.07) is 0. The fourth-order valence-electron chi connectivity index (χ4n) is 2.41. The van der Waals surface area contributed by atoms with Gasteiger partial charge in [-0.3, -0.25) is 0 Å². The quantitative estimate of drug-likeness (QED) is 0.810. The summed E-state index contributed by atoms with van der Waals surface area (Å²) in [7, 11) is -3.07. The second-order valence-electron chi connectivity index (χ2n) is 4.97. The fourth-order valence-corrected chi connectivity index (χ4v) is 5.21. The molecule has 4 nitrogen and oxygen atoms in total. The van der Waals surface area contributed by atoms with Crippen molar-refractivity contribution in [2.24, 2.45) is 5.92 Å². The van der Waals surface area contributed by atoms with Crippen LogP contribution in [0, 0.1) is 5.92 Å². The molecule has 1 N–H and O–H groups in total. The standard InChI is InChI=1S/C11H22N2O2S2/c1-10-8-12-4-5-13(17(10,14)15)9-11-2-6-16-7-3-11/h10-12H,2-9H2,1H3. The largest absolute Gasteiger partial charge is 0.314 e. The monoisotopic (exact) mass is 278 g/mol. The first kappa shape index (κ1) is 13.6. The molecule has 0 aliphatic carbocycles. The summed E-state index contributed by atoms with van der Waals surface area (Å²) in [4.78, 5) is 0. The second kappa shape index (κ2) is 5.91. The van der Waals surface area contributed by atoms with E-state index < -0.39 is 10.0 Å². The molecule has 0 aromatic heterocycles. The number of hydrogen-bond donors (Lipinski definition) is 1. The van der Waals surface area contributed by atoms with Crippen molar-refractivity contribution in [2.45, 2.75) is 25.0 Å². The van der Waals surface area contributed by atoms with Crippen LogP contribution < -0.4 is 5.32 Å². The smallest absolute Gasteiger partial charge is 0.218 e. The molecule has 1 atom stereocenters. The van der Waals surface area contributed by atoms with Gasteiger partial charge in [-0.2, -0.15) is 11.8 Å². The van der Waals surface area contributed by atoms with Gasteiger partial charge in [-0.15, -0.1) is 0 Å². The zero-order valence-corrected chi connectivity index (χ0v) is 12.0. The Labute approximate surface area is 109 Å². The number of thioether (sulfide) groups is 1. The number of nitrogens with one attached hydrogen (secondary N) is 1. The van der Waals surface area contributed by atoms with E-state index in [-0.39, 0.29) is 5.25 Å². The van der Waals surface area contributed by atoms with Crippen molar-refractivity contribution in [2.75, 3.05) is 37.7 Å². The molecule has 0 aromatic rings. The number of sulfonamides is 1. The molecule has 2 aliphatic heterocycles. The normalized spacial score (nSPS) is 32.2. The summed E-state index contributed by atoms with van der Waals surface area (Å²) >= 11 is 1.98. The Bertz CT molecular complexity index is 339. The maximum atomic E-state index is 12.3. The molecular formula is C11H22N2O2S2. The summed E-state index contributed by atoms with van der Waals surface area (Å²) in [5.74, 6) is 2.94. The first-order chi connectivity index (χ1) is 8.10. The minimum absolute atomic E-state index is 0.289. The van der Waals surface area contributed by atoms with Gasteiger partial charge in [0.05, 0.1) is 5.25 Å². The lowest BCUT2D eigenvalue weighted by Crippen LogP contribution is -2.41. The maximum absolute atomic E-state index is 12.3. The molecule has 2 heterocycles. The molecule has 2 aliphatic rings. The van der Waals surface area contributed by atoms with Crippen LogP contribution in [0.1, 0.15) is 19.8 Å². The van der Waals surface area contributed by atoms with E-state index in [1.165, 1.54) is 24.3 Å².